The maximum atomic E-state index is 12.0. The van der Waals surface area contributed by atoms with E-state index in [0.717, 1.165) is 42.2 Å². The standard InChI is InChI=1S/C15H23N3O3/c1-2-3-4-5-6-12-9-13(16-21-12)14-8-7-11-10-17(14)15(19)18(11)20/h9,11,14,20H,2-8,10H2,1H3/t11-,14+/m1/s1. The summed E-state index contributed by atoms with van der Waals surface area (Å²) in [5.74, 6) is 0.899. The number of carbonyl (C=O) groups excluding carboxylic acids is 1. The number of rotatable bonds is 6. The highest BCUT2D eigenvalue weighted by Crippen LogP contribution is 2.37. The van der Waals surface area contributed by atoms with Gasteiger partial charge in [0, 0.05) is 19.0 Å². The van der Waals surface area contributed by atoms with Crippen molar-refractivity contribution in [3.63, 3.8) is 0 Å². The lowest BCUT2D eigenvalue weighted by atomic mass is 9.98. The molecule has 0 aliphatic carbocycles. The highest BCUT2D eigenvalue weighted by Gasteiger charge is 2.45. The zero-order chi connectivity index (χ0) is 14.8. The summed E-state index contributed by atoms with van der Waals surface area (Å²) >= 11 is 0. The zero-order valence-corrected chi connectivity index (χ0v) is 12.5. The van der Waals surface area contributed by atoms with E-state index in [1.165, 1.54) is 19.3 Å². The number of amides is 2. The van der Waals surface area contributed by atoms with Gasteiger partial charge in [-0.3, -0.25) is 5.21 Å². The Labute approximate surface area is 124 Å². The van der Waals surface area contributed by atoms with Gasteiger partial charge in [-0.15, -0.1) is 0 Å². The van der Waals surface area contributed by atoms with E-state index in [-0.39, 0.29) is 18.1 Å². The predicted molar refractivity (Wildman–Crippen MR) is 75.8 cm³/mol. The van der Waals surface area contributed by atoms with Gasteiger partial charge >= 0.3 is 6.03 Å². The van der Waals surface area contributed by atoms with Crippen molar-refractivity contribution in [3.8, 4) is 0 Å². The Kier molecular flexibility index (Phi) is 4.14. The van der Waals surface area contributed by atoms with Crippen molar-refractivity contribution < 1.29 is 14.5 Å². The maximum Gasteiger partial charge on any atom is 0.344 e. The summed E-state index contributed by atoms with van der Waals surface area (Å²) < 4.78 is 5.40. The molecule has 1 aromatic rings. The first kappa shape index (κ1) is 14.4. The Morgan fingerprint density at radius 1 is 1.38 bits per heavy atom. The number of nitrogens with zero attached hydrogens (tertiary/aromatic N) is 3. The first-order valence-corrected chi connectivity index (χ1v) is 7.95. The molecule has 6 nitrogen and oxygen atoms in total. The highest BCUT2D eigenvalue weighted by atomic mass is 16.5. The van der Waals surface area contributed by atoms with Crippen molar-refractivity contribution in [2.45, 2.75) is 64.0 Å². The van der Waals surface area contributed by atoms with Crippen LogP contribution in [0.5, 0.6) is 0 Å². The maximum absolute atomic E-state index is 12.0. The molecule has 2 aliphatic heterocycles. The van der Waals surface area contributed by atoms with Crippen LogP contribution in [0.15, 0.2) is 10.6 Å². The van der Waals surface area contributed by atoms with Crippen LogP contribution < -0.4 is 0 Å². The van der Waals surface area contributed by atoms with Gasteiger partial charge in [0.1, 0.15) is 11.5 Å². The van der Waals surface area contributed by atoms with Gasteiger partial charge in [-0.2, -0.15) is 0 Å². The number of aromatic nitrogens is 1. The predicted octanol–water partition coefficient (Wildman–Crippen LogP) is 3.13. The van der Waals surface area contributed by atoms with Gasteiger partial charge in [0.25, 0.3) is 0 Å². The lowest BCUT2D eigenvalue weighted by Gasteiger charge is -2.28. The van der Waals surface area contributed by atoms with Crippen LogP contribution in [0, 0.1) is 0 Å². The first-order valence-electron chi connectivity index (χ1n) is 7.95. The molecular weight excluding hydrogens is 270 g/mol. The summed E-state index contributed by atoms with van der Waals surface area (Å²) in [6.45, 7) is 2.78. The fourth-order valence-corrected chi connectivity index (χ4v) is 3.29. The highest BCUT2D eigenvalue weighted by molar-refractivity contribution is 5.76. The number of urea groups is 1. The third kappa shape index (κ3) is 2.77. The molecule has 2 atom stereocenters. The molecule has 3 heterocycles. The van der Waals surface area contributed by atoms with Gasteiger partial charge < -0.3 is 9.42 Å². The molecular formula is C15H23N3O3. The fourth-order valence-electron chi connectivity index (χ4n) is 3.29. The largest absolute Gasteiger partial charge is 0.361 e. The van der Waals surface area contributed by atoms with E-state index in [2.05, 4.69) is 12.1 Å². The van der Waals surface area contributed by atoms with Crippen LogP contribution in [0.1, 0.15) is 62.9 Å². The molecule has 6 heteroatoms. The molecule has 0 saturated carbocycles. The summed E-state index contributed by atoms with van der Waals surface area (Å²) in [7, 11) is 0. The summed E-state index contributed by atoms with van der Waals surface area (Å²) in [5, 5.41) is 14.7. The Morgan fingerprint density at radius 2 is 2.24 bits per heavy atom. The average Bonchev–Trinajstić information content (AvgIpc) is 3.05. The number of unbranched alkanes of at least 4 members (excludes halogenated alkanes) is 3. The van der Waals surface area contributed by atoms with Crippen LogP contribution in [0.3, 0.4) is 0 Å². The number of fused-ring (bicyclic) bond motifs is 2. The molecule has 0 radical (unpaired) electrons. The second-order valence-electron chi connectivity index (χ2n) is 6.06. The van der Waals surface area contributed by atoms with Crippen molar-refractivity contribution in [1.82, 2.24) is 15.1 Å². The molecule has 1 N–H and O–H groups in total. The third-order valence-corrected chi connectivity index (χ3v) is 4.54. The van der Waals surface area contributed by atoms with E-state index >= 15 is 0 Å². The lowest BCUT2D eigenvalue weighted by Crippen LogP contribution is -2.34. The molecule has 2 fully saturated rings. The van der Waals surface area contributed by atoms with E-state index in [0.29, 0.717) is 6.54 Å². The van der Waals surface area contributed by atoms with Gasteiger partial charge in [0.15, 0.2) is 0 Å². The van der Waals surface area contributed by atoms with Crippen LogP contribution in [0.4, 0.5) is 4.79 Å². The number of hydrogen-bond acceptors (Lipinski definition) is 4. The number of hydroxylamine groups is 2. The minimum Gasteiger partial charge on any atom is -0.361 e. The second-order valence-corrected chi connectivity index (χ2v) is 6.06. The fraction of sp³-hybridized carbons (Fsp3) is 0.733. The van der Waals surface area contributed by atoms with Crippen molar-refractivity contribution in [2.24, 2.45) is 0 Å². The molecule has 0 unspecified atom stereocenters. The Hall–Kier alpha value is -1.56. The molecule has 21 heavy (non-hydrogen) atoms. The summed E-state index contributed by atoms with van der Waals surface area (Å²) in [4.78, 5) is 13.7. The Bertz CT molecular complexity index is 502. The molecule has 0 aromatic carbocycles. The van der Waals surface area contributed by atoms with Gasteiger partial charge in [-0.05, 0) is 19.3 Å². The van der Waals surface area contributed by atoms with E-state index in [1.807, 2.05) is 6.07 Å². The van der Waals surface area contributed by atoms with Crippen LogP contribution >= 0.6 is 0 Å². The van der Waals surface area contributed by atoms with E-state index in [9.17, 15) is 10.0 Å². The van der Waals surface area contributed by atoms with Gasteiger partial charge in [0.05, 0.1) is 12.1 Å². The first-order chi connectivity index (χ1) is 10.2. The molecule has 1 aromatic heterocycles. The minimum absolute atomic E-state index is 0.0564. The molecule has 2 saturated heterocycles. The van der Waals surface area contributed by atoms with Crippen LogP contribution in [0.2, 0.25) is 0 Å². The van der Waals surface area contributed by atoms with E-state index in [1.54, 1.807) is 4.90 Å². The normalized spacial score (nSPS) is 25.0. The summed E-state index contributed by atoms with van der Waals surface area (Å²) in [5.41, 5.74) is 0.822. The average molecular weight is 293 g/mol. The lowest BCUT2D eigenvalue weighted by molar-refractivity contribution is -0.0584. The second kappa shape index (κ2) is 6.05. The SMILES string of the molecule is CCCCCCc1cc([C@@H]2CC[C@@H]3CN2C(=O)N3O)no1. The number of carbonyl (C=O) groups is 1. The van der Waals surface area contributed by atoms with E-state index in [4.69, 9.17) is 4.52 Å². The van der Waals surface area contributed by atoms with Crippen molar-refractivity contribution in [1.29, 1.82) is 0 Å². The molecule has 2 amide bonds. The number of piperidine rings is 1. The van der Waals surface area contributed by atoms with Crippen molar-refractivity contribution in [3.05, 3.63) is 17.5 Å². The van der Waals surface area contributed by atoms with Gasteiger partial charge in [-0.25, -0.2) is 9.86 Å². The van der Waals surface area contributed by atoms with Gasteiger partial charge in [0.2, 0.25) is 0 Å². The summed E-state index contributed by atoms with van der Waals surface area (Å²) in [6, 6.07) is 1.55. The quantitative estimate of drug-likeness (QED) is 0.646. The topological polar surface area (TPSA) is 69.8 Å². The number of hydrogen-bond donors (Lipinski definition) is 1. The molecule has 3 rings (SSSR count). The van der Waals surface area contributed by atoms with Crippen LogP contribution in [-0.4, -0.2) is 38.9 Å². The number of aryl methyl sites for hydroxylation is 1. The monoisotopic (exact) mass is 293 g/mol. The zero-order valence-electron chi connectivity index (χ0n) is 12.5. The van der Waals surface area contributed by atoms with Crippen molar-refractivity contribution in [2.75, 3.05) is 6.54 Å². The Morgan fingerprint density at radius 3 is 3.05 bits per heavy atom. The van der Waals surface area contributed by atoms with Crippen LogP contribution in [0.25, 0.3) is 0 Å². The third-order valence-electron chi connectivity index (χ3n) is 4.54. The summed E-state index contributed by atoms with van der Waals surface area (Å²) in [6.07, 6.45) is 7.34. The van der Waals surface area contributed by atoms with Crippen LogP contribution in [-0.2, 0) is 6.42 Å². The van der Waals surface area contributed by atoms with Crippen molar-refractivity contribution >= 4 is 6.03 Å². The van der Waals surface area contributed by atoms with E-state index < -0.39 is 0 Å². The molecule has 116 valence electrons. The smallest absolute Gasteiger partial charge is 0.344 e. The molecule has 2 aliphatic rings. The van der Waals surface area contributed by atoms with Gasteiger partial charge in [-0.1, -0.05) is 31.3 Å². The minimum atomic E-state index is -0.310. The molecule has 2 bridgehead atoms. The molecule has 0 spiro atoms. The Balaban J connectivity index is 1.62.